The Labute approximate surface area is 108 Å². The third kappa shape index (κ3) is 2.53. The number of nitrogens with one attached hydrogen (secondary N) is 1. The maximum Gasteiger partial charge on any atom is 0.333 e. The van der Waals surface area contributed by atoms with Crippen LogP contribution in [0.15, 0.2) is 15.7 Å². The van der Waals surface area contributed by atoms with Crippen molar-refractivity contribution in [2.75, 3.05) is 6.54 Å². The normalized spacial score (nSPS) is 22.4. The number of aromatic nitrogens is 2. The Morgan fingerprint density at radius 3 is 2.68 bits per heavy atom. The molecule has 19 heavy (non-hydrogen) atoms. The van der Waals surface area contributed by atoms with Gasteiger partial charge in [0, 0.05) is 27.1 Å². The minimum absolute atomic E-state index is 0.144. The zero-order valence-electron chi connectivity index (χ0n) is 10.6. The van der Waals surface area contributed by atoms with Crippen molar-refractivity contribution in [3.05, 3.63) is 26.9 Å². The SMILES string of the molecule is Cn1c(OC2CNC(C(=O)O)C2)cc(=O)n(C)c1=O. The summed E-state index contributed by atoms with van der Waals surface area (Å²) in [7, 11) is 2.88. The lowest BCUT2D eigenvalue weighted by Gasteiger charge is -2.15. The molecule has 8 heteroatoms. The van der Waals surface area contributed by atoms with E-state index in [0.29, 0.717) is 13.0 Å². The summed E-state index contributed by atoms with van der Waals surface area (Å²) >= 11 is 0. The molecule has 1 aliphatic heterocycles. The van der Waals surface area contributed by atoms with E-state index in [2.05, 4.69) is 5.32 Å². The molecule has 0 aromatic carbocycles. The first-order valence-electron chi connectivity index (χ1n) is 5.80. The fourth-order valence-corrected chi connectivity index (χ4v) is 1.98. The lowest BCUT2D eigenvalue weighted by Crippen LogP contribution is -2.37. The molecule has 0 radical (unpaired) electrons. The molecule has 2 N–H and O–H groups in total. The summed E-state index contributed by atoms with van der Waals surface area (Å²) in [6.45, 7) is 0.361. The molecular formula is C11H15N3O5. The van der Waals surface area contributed by atoms with E-state index in [9.17, 15) is 14.4 Å². The minimum atomic E-state index is -0.941. The van der Waals surface area contributed by atoms with Gasteiger partial charge in [-0.25, -0.2) is 4.79 Å². The van der Waals surface area contributed by atoms with Crippen molar-refractivity contribution in [1.29, 1.82) is 0 Å². The van der Waals surface area contributed by atoms with Crippen LogP contribution in [0.25, 0.3) is 0 Å². The van der Waals surface area contributed by atoms with Gasteiger partial charge >= 0.3 is 11.7 Å². The number of nitrogens with zero attached hydrogens (tertiary/aromatic N) is 2. The average molecular weight is 269 g/mol. The fraction of sp³-hybridized carbons (Fsp3) is 0.545. The second-order valence-electron chi connectivity index (χ2n) is 4.50. The summed E-state index contributed by atoms with van der Waals surface area (Å²) in [5.74, 6) is -0.796. The van der Waals surface area contributed by atoms with Crippen LogP contribution in [-0.2, 0) is 18.9 Å². The lowest BCUT2D eigenvalue weighted by atomic mass is 10.2. The smallest absolute Gasteiger partial charge is 0.333 e. The highest BCUT2D eigenvalue weighted by atomic mass is 16.5. The summed E-state index contributed by atoms with van der Waals surface area (Å²) in [6, 6.07) is 0.559. The number of hydrogen-bond acceptors (Lipinski definition) is 5. The molecule has 0 aliphatic carbocycles. The molecule has 8 nitrogen and oxygen atoms in total. The van der Waals surface area contributed by atoms with Crippen LogP contribution in [0.5, 0.6) is 5.88 Å². The van der Waals surface area contributed by atoms with Crippen molar-refractivity contribution in [3.8, 4) is 5.88 Å². The van der Waals surface area contributed by atoms with Crippen molar-refractivity contribution >= 4 is 5.97 Å². The molecule has 0 amide bonds. The maximum atomic E-state index is 11.7. The van der Waals surface area contributed by atoms with E-state index < -0.39 is 23.3 Å². The van der Waals surface area contributed by atoms with Crippen molar-refractivity contribution in [3.63, 3.8) is 0 Å². The van der Waals surface area contributed by atoms with Gasteiger partial charge in [0.05, 0.1) is 6.07 Å². The summed E-state index contributed by atoms with van der Waals surface area (Å²) < 4.78 is 7.72. The van der Waals surface area contributed by atoms with Crippen LogP contribution in [0.2, 0.25) is 0 Å². The largest absolute Gasteiger partial charge is 0.480 e. The number of carbonyl (C=O) groups is 1. The van der Waals surface area contributed by atoms with Crippen LogP contribution in [0.3, 0.4) is 0 Å². The molecule has 2 heterocycles. The quantitative estimate of drug-likeness (QED) is 0.676. The van der Waals surface area contributed by atoms with Crippen LogP contribution in [0, 0.1) is 0 Å². The molecule has 2 rings (SSSR count). The minimum Gasteiger partial charge on any atom is -0.480 e. The first-order chi connectivity index (χ1) is 8.90. The molecule has 2 atom stereocenters. The van der Waals surface area contributed by atoms with Crippen LogP contribution >= 0.6 is 0 Å². The summed E-state index contributed by atoms with van der Waals surface area (Å²) in [6.07, 6.45) is -0.0857. The third-order valence-electron chi connectivity index (χ3n) is 3.16. The van der Waals surface area contributed by atoms with Gasteiger partial charge < -0.3 is 15.2 Å². The van der Waals surface area contributed by atoms with Crippen LogP contribution in [-0.4, -0.2) is 38.9 Å². The highest BCUT2D eigenvalue weighted by Crippen LogP contribution is 2.14. The number of hydrogen-bond donors (Lipinski definition) is 2. The van der Waals surface area contributed by atoms with Crippen molar-refractivity contribution in [2.45, 2.75) is 18.6 Å². The monoisotopic (exact) mass is 269 g/mol. The van der Waals surface area contributed by atoms with E-state index in [4.69, 9.17) is 9.84 Å². The van der Waals surface area contributed by atoms with Gasteiger partial charge in [-0.15, -0.1) is 0 Å². The van der Waals surface area contributed by atoms with Crippen LogP contribution < -0.4 is 21.3 Å². The predicted octanol–water partition coefficient (Wildman–Crippen LogP) is -1.72. The summed E-state index contributed by atoms with van der Waals surface area (Å²) in [5.41, 5.74) is -0.943. The van der Waals surface area contributed by atoms with E-state index in [0.717, 1.165) is 4.57 Å². The molecular weight excluding hydrogens is 254 g/mol. The molecule has 1 saturated heterocycles. The zero-order valence-corrected chi connectivity index (χ0v) is 10.6. The number of rotatable bonds is 3. The first-order valence-corrected chi connectivity index (χ1v) is 5.80. The first kappa shape index (κ1) is 13.3. The Balaban J connectivity index is 2.20. The zero-order chi connectivity index (χ0) is 14.2. The summed E-state index contributed by atoms with van der Waals surface area (Å²) in [4.78, 5) is 34.0. The maximum absolute atomic E-state index is 11.7. The Hall–Kier alpha value is -2.09. The van der Waals surface area contributed by atoms with Gasteiger partial charge in [-0.2, -0.15) is 0 Å². The molecule has 1 aromatic heterocycles. The van der Waals surface area contributed by atoms with Gasteiger partial charge in [0.25, 0.3) is 5.56 Å². The van der Waals surface area contributed by atoms with E-state index in [1.165, 1.54) is 24.7 Å². The van der Waals surface area contributed by atoms with Gasteiger partial charge in [-0.3, -0.25) is 18.7 Å². The molecule has 0 saturated carbocycles. The molecule has 1 fully saturated rings. The van der Waals surface area contributed by atoms with Gasteiger partial charge in [-0.1, -0.05) is 0 Å². The van der Waals surface area contributed by atoms with Crippen LogP contribution in [0.4, 0.5) is 0 Å². The topological polar surface area (TPSA) is 103 Å². The second-order valence-corrected chi connectivity index (χ2v) is 4.50. The summed E-state index contributed by atoms with van der Waals surface area (Å²) in [5, 5.41) is 11.6. The molecule has 0 bridgehead atoms. The lowest BCUT2D eigenvalue weighted by molar-refractivity contribution is -0.139. The standard InChI is InChI=1S/C11H15N3O5/c1-13-8(15)4-9(14(2)11(13)18)19-6-3-7(10(16)17)12-5-6/h4,6-7,12H,3,5H2,1-2H3,(H,16,17). The number of carboxylic acids is 1. The Bertz CT molecular complexity index is 618. The highest BCUT2D eigenvalue weighted by Gasteiger charge is 2.31. The van der Waals surface area contributed by atoms with Crippen molar-refractivity contribution < 1.29 is 14.6 Å². The predicted molar refractivity (Wildman–Crippen MR) is 65.4 cm³/mol. The van der Waals surface area contributed by atoms with Crippen molar-refractivity contribution in [2.24, 2.45) is 14.1 Å². The molecule has 0 spiro atoms. The number of aliphatic carboxylic acids is 1. The van der Waals surface area contributed by atoms with Crippen LogP contribution in [0.1, 0.15) is 6.42 Å². The highest BCUT2D eigenvalue weighted by molar-refractivity contribution is 5.73. The average Bonchev–Trinajstić information content (AvgIpc) is 2.82. The fourth-order valence-electron chi connectivity index (χ4n) is 1.98. The Kier molecular flexibility index (Phi) is 3.43. The van der Waals surface area contributed by atoms with E-state index >= 15 is 0 Å². The molecule has 1 aromatic rings. The molecule has 104 valence electrons. The number of ether oxygens (including phenoxy) is 1. The molecule has 1 aliphatic rings. The van der Waals surface area contributed by atoms with E-state index in [-0.39, 0.29) is 12.0 Å². The Morgan fingerprint density at radius 2 is 2.11 bits per heavy atom. The Morgan fingerprint density at radius 1 is 1.42 bits per heavy atom. The van der Waals surface area contributed by atoms with Gasteiger partial charge in [-0.05, 0) is 0 Å². The third-order valence-corrected chi connectivity index (χ3v) is 3.16. The van der Waals surface area contributed by atoms with Gasteiger partial charge in [0.1, 0.15) is 12.1 Å². The van der Waals surface area contributed by atoms with E-state index in [1.54, 1.807) is 0 Å². The second kappa shape index (κ2) is 4.88. The number of carboxylic acid groups (broad SMARTS) is 1. The van der Waals surface area contributed by atoms with Gasteiger partial charge in [0.2, 0.25) is 5.88 Å². The van der Waals surface area contributed by atoms with Crippen molar-refractivity contribution in [1.82, 2.24) is 14.5 Å². The van der Waals surface area contributed by atoms with Gasteiger partial charge in [0.15, 0.2) is 0 Å². The van der Waals surface area contributed by atoms with E-state index in [1.807, 2.05) is 0 Å². The molecule has 2 unspecified atom stereocenters.